The van der Waals surface area contributed by atoms with Crippen LogP contribution in [0.3, 0.4) is 0 Å². The normalized spacial score (nSPS) is 18.2. The molecule has 142 valence electrons. The first-order valence-corrected chi connectivity index (χ1v) is 11.6. The second-order valence-electron chi connectivity index (χ2n) is 7.70. The zero-order chi connectivity index (χ0) is 17.9. The van der Waals surface area contributed by atoms with Gasteiger partial charge in [-0.25, -0.2) is 0 Å². The van der Waals surface area contributed by atoms with Crippen molar-refractivity contribution in [3.05, 3.63) is 23.8 Å². The molecule has 1 aromatic carbocycles. The van der Waals surface area contributed by atoms with Crippen molar-refractivity contribution < 1.29 is 4.74 Å². The number of aryl methyl sites for hydroxylation is 1. The van der Waals surface area contributed by atoms with Gasteiger partial charge in [-0.2, -0.15) is 0 Å². The fourth-order valence-corrected chi connectivity index (χ4v) is 4.04. The van der Waals surface area contributed by atoms with E-state index in [1.807, 2.05) is 0 Å². The summed E-state index contributed by atoms with van der Waals surface area (Å²) < 4.78 is 7.38. The zero-order valence-corrected chi connectivity index (χ0v) is 18.8. The molecule has 1 atom stereocenters. The molecule has 1 saturated carbocycles. The van der Waals surface area contributed by atoms with Crippen molar-refractivity contribution in [3.8, 4) is 5.75 Å². The van der Waals surface area contributed by atoms with Gasteiger partial charge in [-0.15, -0.1) is 0 Å². The van der Waals surface area contributed by atoms with Crippen LogP contribution in [-0.4, -0.2) is 36.0 Å². The van der Waals surface area contributed by atoms with E-state index in [4.69, 9.17) is 4.74 Å². The third kappa shape index (κ3) is 7.75. The van der Waals surface area contributed by atoms with Crippen molar-refractivity contribution >= 4 is 21.2 Å². The summed E-state index contributed by atoms with van der Waals surface area (Å²) in [6.07, 6.45) is 14.6. The maximum atomic E-state index is 6.04. The molecule has 3 heteroatoms. The van der Waals surface area contributed by atoms with Crippen LogP contribution in [0.4, 0.5) is 0 Å². The summed E-state index contributed by atoms with van der Waals surface area (Å²) in [6.45, 7) is 6.59. The number of hydrogen-bond acceptors (Lipinski definition) is 2. The van der Waals surface area contributed by atoms with Crippen LogP contribution in [0.5, 0.6) is 5.75 Å². The van der Waals surface area contributed by atoms with Crippen LogP contribution < -0.4 is 14.4 Å². The van der Waals surface area contributed by atoms with Crippen LogP contribution in [0.15, 0.2) is 18.2 Å². The first kappa shape index (κ1) is 20.8. The average molecular weight is 407 g/mol. The second-order valence-corrected chi connectivity index (χ2v) is 8.91. The number of hydrogen-bond donors (Lipinski definition) is 1. The van der Waals surface area contributed by atoms with Crippen molar-refractivity contribution in [1.82, 2.24) is 5.32 Å². The average Bonchev–Trinajstić information content (AvgIpc) is 2.59. The molecular formula is C22H38AsNO. The first-order chi connectivity index (χ1) is 12.2. The molecular weight excluding hydrogens is 369 g/mol. The van der Waals surface area contributed by atoms with Crippen LogP contribution in [0, 0.1) is 12.8 Å². The number of rotatable bonds is 7. The van der Waals surface area contributed by atoms with E-state index in [1.54, 1.807) is 16.9 Å². The molecule has 1 aliphatic carbocycles. The van der Waals surface area contributed by atoms with E-state index >= 15 is 0 Å². The predicted octanol–water partition coefficient (Wildman–Crippen LogP) is 4.14. The molecule has 0 aromatic heterocycles. The third-order valence-corrected chi connectivity index (χ3v) is 7.11. The van der Waals surface area contributed by atoms with Gasteiger partial charge < -0.3 is 0 Å². The monoisotopic (exact) mass is 407 g/mol. The molecule has 1 unspecified atom stereocenters. The number of unbranched alkanes of at least 4 members (excludes halogenated alkanes) is 3. The van der Waals surface area contributed by atoms with Gasteiger partial charge in [0.1, 0.15) is 0 Å². The molecule has 0 radical (unpaired) electrons. The van der Waals surface area contributed by atoms with Crippen molar-refractivity contribution in [2.24, 2.45) is 5.92 Å². The van der Waals surface area contributed by atoms with E-state index in [1.165, 1.54) is 61.3 Å². The quantitative estimate of drug-likeness (QED) is 0.542. The molecule has 1 saturated heterocycles. The van der Waals surface area contributed by atoms with Crippen LogP contribution in [-0.2, 0) is 0 Å². The first-order valence-electron chi connectivity index (χ1n) is 10.4. The van der Waals surface area contributed by atoms with Crippen LogP contribution in [0.2, 0.25) is 0 Å². The Kier molecular flexibility index (Phi) is 10.0. The maximum absolute atomic E-state index is 6.04. The summed E-state index contributed by atoms with van der Waals surface area (Å²) in [7, 11) is 0. The topological polar surface area (TPSA) is 21.3 Å². The summed E-state index contributed by atoms with van der Waals surface area (Å²) in [6, 6.07) is 6.31. The van der Waals surface area contributed by atoms with E-state index < -0.39 is 0 Å². The van der Waals surface area contributed by atoms with Crippen molar-refractivity contribution in [3.63, 3.8) is 0 Å². The molecule has 1 aliphatic heterocycles. The van der Waals surface area contributed by atoms with Crippen molar-refractivity contribution in [2.45, 2.75) is 84.2 Å². The van der Waals surface area contributed by atoms with Gasteiger partial charge >= 0.3 is 99.7 Å². The Morgan fingerprint density at radius 1 is 1.08 bits per heavy atom. The molecule has 2 nitrogen and oxygen atoms in total. The van der Waals surface area contributed by atoms with E-state index in [9.17, 15) is 0 Å². The van der Waals surface area contributed by atoms with E-state index in [2.05, 4.69) is 37.4 Å². The Morgan fingerprint density at radius 2 is 1.84 bits per heavy atom. The zero-order valence-electron chi connectivity index (χ0n) is 16.4. The minimum atomic E-state index is 0.405. The summed E-state index contributed by atoms with van der Waals surface area (Å²) in [4.78, 5) is 0. The van der Waals surface area contributed by atoms with Gasteiger partial charge in [0.2, 0.25) is 0 Å². The number of nitrogens with one attached hydrogen (secondary N) is 1. The van der Waals surface area contributed by atoms with Crippen LogP contribution >= 0.6 is 0 Å². The Hall–Kier alpha value is -0.462. The fourth-order valence-electron chi connectivity index (χ4n) is 3.49. The fraction of sp³-hybridized carbons (Fsp3) is 0.727. The van der Waals surface area contributed by atoms with Crippen molar-refractivity contribution in [2.75, 3.05) is 13.1 Å². The van der Waals surface area contributed by atoms with Gasteiger partial charge in [0.05, 0.1) is 0 Å². The molecule has 25 heavy (non-hydrogen) atoms. The molecule has 1 heterocycles. The van der Waals surface area contributed by atoms with Gasteiger partial charge in [-0.1, -0.05) is 58.3 Å². The Morgan fingerprint density at radius 3 is 2.48 bits per heavy atom. The summed E-state index contributed by atoms with van der Waals surface area (Å²) in [5, 5.41) is 3.35. The molecule has 2 aliphatic rings. The van der Waals surface area contributed by atoms with E-state index in [0.717, 1.165) is 37.6 Å². The second kappa shape index (κ2) is 12.0. The molecule has 2 fully saturated rings. The van der Waals surface area contributed by atoms with Crippen molar-refractivity contribution in [1.29, 1.82) is 0 Å². The Bertz CT molecular complexity index is 481. The van der Waals surface area contributed by atoms with Crippen LogP contribution in [0.1, 0.15) is 76.7 Å². The van der Waals surface area contributed by atoms with Gasteiger partial charge in [-0.3, -0.25) is 0 Å². The van der Waals surface area contributed by atoms with Gasteiger partial charge in [0.15, 0.2) is 0 Å². The molecule has 0 spiro atoms. The standard InChI is InChI=1S/C12H18AsNO.C10H20/c1-9-3-2-4-11(12(9)13)15-10-5-7-14-8-6-10;1-2-3-4-5-7-10-8-6-9-10/h2-4,10,14H,5-8,13H2,1H3;10H,2-9H2,1H3. The van der Waals surface area contributed by atoms with Gasteiger partial charge in [0.25, 0.3) is 0 Å². The van der Waals surface area contributed by atoms with Crippen LogP contribution in [0.25, 0.3) is 0 Å². The molecule has 3 rings (SSSR count). The summed E-state index contributed by atoms with van der Waals surface area (Å²) in [5.74, 6) is 2.22. The molecule has 1 aromatic rings. The SMILES string of the molecule is CCCCCCC1CCC1.Cc1cccc(OC2CCNCC2)c1[AsH2]. The Balaban J connectivity index is 0.000000196. The van der Waals surface area contributed by atoms with Gasteiger partial charge in [-0.05, 0) is 5.92 Å². The molecule has 1 N–H and O–H groups in total. The third-order valence-electron chi connectivity index (χ3n) is 5.55. The summed E-state index contributed by atoms with van der Waals surface area (Å²) in [5.41, 5.74) is 1.33. The van der Waals surface area contributed by atoms with Gasteiger partial charge in [0, 0.05) is 0 Å². The number of benzene rings is 1. The molecule has 0 amide bonds. The Labute approximate surface area is 164 Å². The summed E-state index contributed by atoms with van der Waals surface area (Å²) >= 11 is 1.65. The molecule has 0 bridgehead atoms. The minimum absolute atomic E-state index is 0.405. The van der Waals surface area contributed by atoms with E-state index in [-0.39, 0.29) is 0 Å². The predicted molar refractivity (Wildman–Crippen MR) is 112 cm³/mol. The van der Waals surface area contributed by atoms with E-state index in [0.29, 0.717) is 6.10 Å². The number of piperidine rings is 1. The number of ether oxygens (including phenoxy) is 1.